The van der Waals surface area contributed by atoms with Crippen molar-refractivity contribution in [1.29, 1.82) is 0 Å². The van der Waals surface area contributed by atoms with Crippen molar-refractivity contribution >= 4 is 11.7 Å². The van der Waals surface area contributed by atoms with Crippen LogP contribution in [0.25, 0.3) is 0 Å². The molecule has 2 N–H and O–H groups in total. The Morgan fingerprint density at radius 2 is 1.68 bits per heavy atom. The molecule has 1 heterocycles. The van der Waals surface area contributed by atoms with Crippen molar-refractivity contribution in [3.63, 3.8) is 0 Å². The summed E-state index contributed by atoms with van der Waals surface area (Å²) < 4.78 is 13.2. The third-order valence-corrected chi connectivity index (χ3v) is 4.67. The first-order valence-electron chi connectivity index (χ1n) is 9.08. The number of rotatable bonds is 6. The van der Waals surface area contributed by atoms with Gasteiger partial charge in [0, 0.05) is 13.0 Å². The molecule has 1 atom stereocenters. The van der Waals surface area contributed by atoms with Gasteiger partial charge in [0.25, 0.3) is 5.91 Å². The fourth-order valence-electron chi connectivity index (χ4n) is 3.37. The zero-order chi connectivity index (χ0) is 20.4. The monoisotopic (exact) mass is 383 g/mol. The number of phenols is 1. The predicted molar refractivity (Wildman–Crippen MR) is 102 cm³/mol. The van der Waals surface area contributed by atoms with Crippen molar-refractivity contribution in [2.45, 2.75) is 32.9 Å². The summed E-state index contributed by atoms with van der Waals surface area (Å²) in [7, 11) is 0. The largest absolute Gasteiger partial charge is 0.508 e. The maximum atomic E-state index is 13.2. The molecule has 28 heavy (non-hydrogen) atoms. The Labute approximate surface area is 162 Å². The van der Waals surface area contributed by atoms with E-state index in [2.05, 4.69) is 0 Å². The van der Waals surface area contributed by atoms with Crippen LogP contribution in [0.5, 0.6) is 5.75 Å². The van der Waals surface area contributed by atoms with E-state index < -0.39 is 17.7 Å². The quantitative estimate of drug-likeness (QED) is 0.789. The van der Waals surface area contributed by atoms with E-state index in [1.165, 1.54) is 29.2 Å². The molecule has 0 spiro atoms. The molecular formula is C22H22FNO4. The zero-order valence-electron chi connectivity index (χ0n) is 15.7. The number of carbonyl (C=O) groups is 2. The Morgan fingerprint density at radius 3 is 2.25 bits per heavy atom. The average Bonchev–Trinajstić information content (AvgIpc) is 2.88. The van der Waals surface area contributed by atoms with Gasteiger partial charge in [0.1, 0.15) is 11.6 Å². The minimum Gasteiger partial charge on any atom is -0.508 e. The Morgan fingerprint density at radius 1 is 1.07 bits per heavy atom. The third kappa shape index (κ3) is 3.91. The maximum absolute atomic E-state index is 13.2. The van der Waals surface area contributed by atoms with Gasteiger partial charge in [0.15, 0.2) is 11.5 Å². The second-order valence-corrected chi connectivity index (χ2v) is 7.34. The Hall–Kier alpha value is -3.15. The highest BCUT2D eigenvalue weighted by Crippen LogP contribution is 2.40. The van der Waals surface area contributed by atoms with Crippen LogP contribution in [0.2, 0.25) is 0 Å². The molecule has 5 nitrogen and oxygen atoms in total. The molecular weight excluding hydrogens is 361 g/mol. The molecule has 0 saturated heterocycles. The number of hydrogen-bond acceptors (Lipinski definition) is 4. The maximum Gasteiger partial charge on any atom is 0.290 e. The molecule has 0 bridgehead atoms. The predicted octanol–water partition coefficient (Wildman–Crippen LogP) is 4.04. The minimum absolute atomic E-state index is 0.0569. The topological polar surface area (TPSA) is 77.8 Å². The summed E-state index contributed by atoms with van der Waals surface area (Å²) >= 11 is 0. The van der Waals surface area contributed by atoms with Crippen molar-refractivity contribution < 1.29 is 24.2 Å². The van der Waals surface area contributed by atoms with Crippen LogP contribution in [0.3, 0.4) is 0 Å². The van der Waals surface area contributed by atoms with Gasteiger partial charge < -0.3 is 15.1 Å². The number of benzene rings is 2. The summed E-state index contributed by atoms with van der Waals surface area (Å²) in [6, 6.07) is 11.1. The molecule has 6 heteroatoms. The molecule has 2 aromatic carbocycles. The summed E-state index contributed by atoms with van der Waals surface area (Å²) in [5, 5.41) is 20.1. The molecule has 2 aromatic rings. The lowest BCUT2D eigenvalue weighted by molar-refractivity contribution is -0.130. The van der Waals surface area contributed by atoms with Gasteiger partial charge in [-0.15, -0.1) is 0 Å². The summed E-state index contributed by atoms with van der Waals surface area (Å²) in [5.74, 6) is -1.75. The highest BCUT2D eigenvalue weighted by atomic mass is 19.1. The number of Topliss-reactive ketones (excluding diaryl/α,β-unsaturated/α-hetero) is 1. The number of aliphatic hydroxyl groups excluding tert-OH is 1. The van der Waals surface area contributed by atoms with Crippen molar-refractivity contribution in [3.05, 3.63) is 76.8 Å². The number of halogens is 1. The molecule has 0 aromatic heterocycles. The van der Waals surface area contributed by atoms with Gasteiger partial charge in [0.05, 0.1) is 11.6 Å². The van der Waals surface area contributed by atoms with E-state index in [9.17, 15) is 24.2 Å². The summed E-state index contributed by atoms with van der Waals surface area (Å²) in [4.78, 5) is 27.0. The first-order chi connectivity index (χ1) is 13.3. The SMILES string of the molecule is CC(C)CC(=O)C1=C(O)C(=O)N(Cc2ccc(F)cc2)C1c1ccc(O)cc1. The Kier molecular flexibility index (Phi) is 5.49. The van der Waals surface area contributed by atoms with Crippen LogP contribution in [0, 0.1) is 11.7 Å². The van der Waals surface area contributed by atoms with Crippen LogP contribution in [-0.2, 0) is 16.1 Å². The third-order valence-electron chi connectivity index (χ3n) is 4.67. The van der Waals surface area contributed by atoms with Gasteiger partial charge in [-0.1, -0.05) is 38.1 Å². The van der Waals surface area contributed by atoms with Crippen molar-refractivity contribution in [1.82, 2.24) is 4.90 Å². The van der Waals surface area contributed by atoms with Gasteiger partial charge in [0.2, 0.25) is 0 Å². The van der Waals surface area contributed by atoms with Gasteiger partial charge in [-0.25, -0.2) is 4.39 Å². The number of nitrogens with zero attached hydrogens (tertiary/aromatic N) is 1. The molecule has 1 unspecified atom stereocenters. The van der Waals surface area contributed by atoms with Crippen LogP contribution >= 0.6 is 0 Å². The smallest absolute Gasteiger partial charge is 0.290 e. The standard InChI is InChI=1S/C22H22FNO4/c1-13(2)11-18(26)19-20(15-5-9-17(25)10-6-15)24(22(28)21(19)27)12-14-3-7-16(23)8-4-14/h3-10,13,20,25,27H,11-12H2,1-2H3. The lowest BCUT2D eigenvalue weighted by atomic mass is 9.92. The number of phenolic OH excluding ortho intramolecular Hbond substituents is 1. The van der Waals surface area contributed by atoms with E-state index in [0.717, 1.165) is 0 Å². The summed E-state index contributed by atoms with van der Waals surface area (Å²) in [6.45, 7) is 3.88. The van der Waals surface area contributed by atoms with Crippen LogP contribution < -0.4 is 0 Å². The van der Waals surface area contributed by atoms with E-state index in [1.807, 2.05) is 13.8 Å². The van der Waals surface area contributed by atoms with E-state index in [0.29, 0.717) is 11.1 Å². The molecule has 1 amide bonds. The van der Waals surface area contributed by atoms with Crippen LogP contribution in [0.15, 0.2) is 59.9 Å². The van der Waals surface area contributed by atoms with Crippen molar-refractivity contribution in [3.8, 4) is 5.75 Å². The van der Waals surface area contributed by atoms with Crippen molar-refractivity contribution in [2.75, 3.05) is 0 Å². The molecule has 0 fully saturated rings. The van der Waals surface area contributed by atoms with E-state index in [-0.39, 0.29) is 41.8 Å². The van der Waals surface area contributed by atoms with Crippen LogP contribution in [0.4, 0.5) is 4.39 Å². The molecule has 146 valence electrons. The lowest BCUT2D eigenvalue weighted by Gasteiger charge is -2.27. The highest BCUT2D eigenvalue weighted by Gasteiger charge is 2.43. The van der Waals surface area contributed by atoms with Gasteiger partial charge in [-0.2, -0.15) is 0 Å². The second kappa shape index (κ2) is 7.84. The lowest BCUT2D eigenvalue weighted by Crippen LogP contribution is -2.30. The molecule has 0 aliphatic carbocycles. The molecule has 0 radical (unpaired) electrons. The Balaban J connectivity index is 2.02. The fraction of sp³-hybridized carbons (Fsp3) is 0.273. The average molecular weight is 383 g/mol. The fourth-order valence-corrected chi connectivity index (χ4v) is 3.37. The highest BCUT2D eigenvalue weighted by molar-refractivity contribution is 6.09. The van der Waals surface area contributed by atoms with E-state index >= 15 is 0 Å². The first-order valence-corrected chi connectivity index (χ1v) is 9.08. The number of ketones is 1. The van der Waals surface area contributed by atoms with E-state index in [4.69, 9.17) is 0 Å². The van der Waals surface area contributed by atoms with Crippen LogP contribution in [-0.4, -0.2) is 26.8 Å². The first kappa shape index (κ1) is 19.6. The number of hydrogen-bond donors (Lipinski definition) is 2. The normalized spacial score (nSPS) is 16.9. The molecule has 1 aliphatic heterocycles. The second-order valence-electron chi connectivity index (χ2n) is 7.34. The van der Waals surface area contributed by atoms with Crippen molar-refractivity contribution in [2.24, 2.45) is 5.92 Å². The number of amides is 1. The van der Waals surface area contributed by atoms with Crippen LogP contribution in [0.1, 0.15) is 37.4 Å². The minimum atomic E-state index is -0.774. The number of aliphatic hydroxyl groups is 1. The van der Waals surface area contributed by atoms with Gasteiger partial charge in [-0.3, -0.25) is 9.59 Å². The molecule has 1 aliphatic rings. The van der Waals surface area contributed by atoms with E-state index in [1.54, 1.807) is 24.3 Å². The van der Waals surface area contributed by atoms with Gasteiger partial charge >= 0.3 is 0 Å². The molecule has 3 rings (SSSR count). The summed E-state index contributed by atoms with van der Waals surface area (Å²) in [5.41, 5.74) is 1.33. The van der Waals surface area contributed by atoms with Gasteiger partial charge in [-0.05, 0) is 41.3 Å². The Bertz CT molecular complexity index is 917. The molecule has 0 saturated carbocycles. The number of carbonyl (C=O) groups excluding carboxylic acids is 2. The number of aromatic hydroxyl groups is 1. The summed E-state index contributed by atoms with van der Waals surface area (Å²) in [6.07, 6.45) is 0.200. The zero-order valence-corrected chi connectivity index (χ0v) is 15.7.